The number of hydrogen-bond donors (Lipinski definition) is 0. The number of nitrogens with zero attached hydrogens (tertiary/aromatic N) is 2. The number of fused-ring (bicyclic) bond motifs is 1. The van der Waals surface area contributed by atoms with E-state index < -0.39 is 11.8 Å². The third-order valence-electron chi connectivity index (χ3n) is 3.27. The van der Waals surface area contributed by atoms with Crippen LogP contribution in [-0.2, 0) is 19.3 Å². The van der Waals surface area contributed by atoms with Crippen LogP contribution in [0.3, 0.4) is 0 Å². The van der Waals surface area contributed by atoms with E-state index in [0.717, 1.165) is 25.7 Å². The quantitative estimate of drug-likeness (QED) is 0.628. The van der Waals surface area contributed by atoms with Crippen LogP contribution in [0.15, 0.2) is 0 Å². The molecule has 1 aliphatic heterocycles. The molecule has 90 valence electrons. The molecule has 0 aromatic carbocycles. The summed E-state index contributed by atoms with van der Waals surface area (Å²) in [5, 5.41) is 2.39. The minimum Gasteiger partial charge on any atom is -0.274 e. The summed E-state index contributed by atoms with van der Waals surface area (Å²) in [4.78, 5) is 33.5. The fraction of sp³-hybridized carbons (Fsp3) is 0.800. The minimum atomic E-state index is -0.646. The normalized spacial score (nSPS) is 30.6. The Morgan fingerprint density at radius 1 is 0.938 bits per heavy atom. The molecule has 0 spiro atoms. The molecule has 0 radical (unpaired) electrons. The van der Waals surface area contributed by atoms with Crippen molar-refractivity contribution in [2.24, 2.45) is 0 Å². The monoisotopic (exact) mass is 228 g/mol. The van der Waals surface area contributed by atoms with E-state index in [1.54, 1.807) is 0 Å². The van der Waals surface area contributed by atoms with E-state index in [1.165, 1.54) is 24.3 Å². The van der Waals surface area contributed by atoms with Gasteiger partial charge in [-0.15, -0.1) is 0 Å². The van der Waals surface area contributed by atoms with Crippen molar-refractivity contribution in [2.45, 2.75) is 37.8 Å². The molecule has 0 aromatic heterocycles. The number of hydroxylamine groups is 4. The Balaban J connectivity index is 2.27. The zero-order valence-electron chi connectivity index (χ0n) is 9.51. The molecule has 2 aliphatic rings. The third kappa shape index (κ3) is 1.58. The Labute approximate surface area is 94.0 Å². The van der Waals surface area contributed by atoms with Crippen molar-refractivity contribution in [3.63, 3.8) is 0 Å². The van der Waals surface area contributed by atoms with Gasteiger partial charge in [-0.25, -0.2) is 10.1 Å². The topological polar surface area (TPSA) is 59.1 Å². The highest BCUT2D eigenvalue weighted by Gasteiger charge is 2.48. The van der Waals surface area contributed by atoms with Gasteiger partial charge in [0, 0.05) is 0 Å². The van der Waals surface area contributed by atoms with Crippen molar-refractivity contribution in [1.29, 1.82) is 0 Å². The van der Waals surface area contributed by atoms with Crippen LogP contribution in [0.25, 0.3) is 0 Å². The van der Waals surface area contributed by atoms with Crippen LogP contribution in [0.5, 0.6) is 0 Å². The SMILES string of the molecule is CON1C(=O)C(=O)N(OC)[C@H]2CCCC[C@@H]21. The van der Waals surface area contributed by atoms with E-state index in [0.29, 0.717) is 0 Å². The molecule has 2 fully saturated rings. The van der Waals surface area contributed by atoms with Crippen molar-refractivity contribution < 1.29 is 19.3 Å². The number of piperazine rings is 1. The van der Waals surface area contributed by atoms with E-state index in [4.69, 9.17) is 9.68 Å². The first kappa shape index (κ1) is 11.3. The second-order valence-corrected chi connectivity index (χ2v) is 4.05. The second-order valence-electron chi connectivity index (χ2n) is 4.05. The van der Waals surface area contributed by atoms with Gasteiger partial charge in [-0.3, -0.25) is 19.3 Å². The molecule has 0 aromatic rings. The summed E-state index contributed by atoms with van der Waals surface area (Å²) in [6.07, 6.45) is 3.77. The lowest BCUT2D eigenvalue weighted by Gasteiger charge is -2.45. The Kier molecular flexibility index (Phi) is 3.11. The lowest BCUT2D eigenvalue weighted by molar-refractivity contribution is -0.251. The van der Waals surface area contributed by atoms with Gasteiger partial charge in [0.15, 0.2) is 0 Å². The summed E-state index contributed by atoms with van der Waals surface area (Å²) < 4.78 is 0. The summed E-state index contributed by atoms with van der Waals surface area (Å²) in [6.45, 7) is 0. The molecule has 2 amide bonds. The van der Waals surface area contributed by atoms with E-state index in [9.17, 15) is 9.59 Å². The average Bonchev–Trinajstić information content (AvgIpc) is 2.31. The van der Waals surface area contributed by atoms with Gasteiger partial charge in [0.25, 0.3) is 0 Å². The molecule has 0 N–H and O–H groups in total. The highest BCUT2D eigenvalue weighted by Crippen LogP contribution is 2.31. The predicted octanol–water partition coefficient (Wildman–Crippen LogP) is 0.0912. The largest absolute Gasteiger partial charge is 0.338 e. The molecule has 1 aliphatic carbocycles. The molecule has 0 unspecified atom stereocenters. The van der Waals surface area contributed by atoms with E-state index in [-0.39, 0.29) is 12.1 Å². The van der Waals surface area contributed by atoms with Gasteiger partial charge in [0.2, 0.25) is 0 Å². The molecule has 16 heavy (non-hydrogen) atoms. The Morgan fingerprint density at radius 3 is 1.62 bits per heavy atom. The van der Waals surface area contributed by atoms with Gasteiger partial charge in [-0.2, -0.15) is 0 Å². The fourth-order valence-electron chi connectivity index (χ4n) is 2.57. The van der Waals surface area contributed by atoms with Gasteiger partial charge < -0.3 is 0 Å². The third-order valence-corrected chi connectivity index (χ3v) is 3.27. The maximum Gasteiger partial charge on any atom is 0.338 e. The lowest BCUT2D eigenvalue weighted by atomic mass is 9.88. The molecule has 1 saturated heterocycles. The summed E-state index contributed by atoms with van der Waals surface area (Å²) in [6, 6.07) is -0.159. The number of carbonyl (C=O) groups excluding carboxylic acids is 2. The van der Waals surface area contributed by atoms with Crippen molar-refractivity contribution in [3.05, 3.63) is 0 Å². The first-order valence-corrected chi connectivity index (χ1v) is 5.45. The maximum atomic E-state index is 11.7. The van der Waals surface area contributed by atoms with Crippen LogP contribution >= 0.6 is 0 Å². The zero-order chi connectivity index (χ0) is 11.7. The number of amides is 2. The van der Waals surface area contributed by atoms with Crippen LogP contribution in [-0.4, -0.2) is 48.2 Å². The predicted molar refractivity (Wildman–Crippen MR) is 53.8 cm³/mol. The first-order chi connectivity index (χ1) is 7.70. The molecular formula is C10H16N2O4. The standard InChI is InChI=1S/C10H16N2O4/c1-15-11-7-5-3-4-6-8(7)12(16-2)10(14)9(11)13/h7-8H,3-6H2,1-2H3/t7-,8-/m0/s1. The second kappa shape index (κ2) is 4.39. The summed E-state index contributed by atoms with van der Waals surface area (Å²) in [5.41, 5.74) is 0. The molecule has 6 nitrogen and oxygen atoms in total. The first-order valence-electron chi connectivity index (χ1n) is 5.45. The van der Waals surface area contributed by atoms with Crippen molar-refractivity contribution in [1.82, 2.24) is 10.1 Å². The number of hydrogen-bond acceptors (Lipinski definition) is 4. The van der Waals surface area contributed by atoms with Crippen molar-refractivity contribution in [2.75, 3.05) is 14.2 Å². The smallest absolute Gasteiger partial charge is 0.274 e. The molecule has 6 heteroatoms. The van der Waals surface area contributed by atoms with Crippen LogP contribution in [0.4, 0.5) is 0 Å². The molecular weight excluding hydrogens is 212 g/mol. The Morgan fingerprint density at radius 2 is 1.31 bits per heavy atom. The molecule has 2 atom stereocenters. The van der Waals surface area contributed by atoms with Crippen molar-refractivity contribution >= 4 is 11.8 Å². The molecule has 1 saturated carbocycles. The van der Waals surface area contributed by atoms with Gasteiger partial charge in [0.1, 0.15) is 0 Å². The van der Waals surface area contributed by atoms with Gasteiger partial charge in [-0.1, -0.05) is 12.8 Å². The van der Waals surface area contributed by atoms with E-state index in [2.05, 4.69) is 0 Å². The highest BCUT2D eigenvalue weighted by molar-refractivity contribution is 6.35. The average molecular weight is 228 g/mol. The van der Waals surface area contributed by atoms with Crippen LogP contribution in [0.1, 0.15) is 25.7 Å². The van der Waals surface area contributed by atoms with Crippen LogP contribution < -0.4 is 0 Å². The minimum absolute atomic E-state index is 0.0797. The summed E-state index contributed by atoms with van der Waals surface area (Å²) in [5.74, 6) is -1.29. The van der Waals surface area contributed by atoms with Crippen LogP contribution in [0, 0.1) is 0 Å². The number of carbonyl (C=O) groups is 2. The van der Waals surface area contributed by atoms with E-state index in [1.807, 2.05) is 0 Å². The molecule has 1 heterocycles. The van der Waals surface area contributed by atoms with Gasteiger partial charge in [0.05, 0.1) is 26.3 Å². The maximum absolute atomic E-state index is 11.7. The lowest BCUT2D eigenvalue weighted by Crippen LogP contribution is -2.64. The highest BCUT2D eigenvalue weighted by atomic mass is 16.7. The zero-order valence-corrected chi connectivity index (χ0v) is 9.51. The summed E-state index contributed by atoms with van der Waals surface area (Å²) in [7, 11) is 2.83. The van der Waals surface area contributed by atoms with Gasteiger partial charge >= 0.3 is 11.8 Å². The van der Waals surface area contributed by atoms with Crippen molar-refractivity contribution in [3.8, 4) is 0 Å². The Bertz CT molecular complexity index is 277. The molecule has 0 bridgehead atoms. The van der Waals surface area contributed by atoms with Crippen LogP contribution in [0.2, 0.25) is 0 Å². The fourth-order valence-corrected chi connectivity index (χ4v) is 2.57. The van der Waals surface area contributed by atoms with Gasteiger partial charge in [-0.05, 0) is 12.8 Å². The summed E-state index contributed by atoms with van der Waals surface area (Å²) >= 11 is 0. The molecule has 2 rings (SSSR count). The van der Waals surface area contributed by atoms with E-state index >= 15 is 0 Å². The number of rotatable bonds is 2. The Hall–Kier alpha value is -1.14.